The van der Waals surface area contributed by atoms with Gasteiger partial charge in [0, 0.05) is 41.1 Å². The smallest absolute Gasteiger partial charge is 0.277 e. The van der Waals surface area contributed by atoms with Crippen molar-refractivity contribution in [2.45, 2.75) is 20.8 Å². The SMILES string of the molecule is Cc1cccc(C(=O)Nc2ccc(C)c(-c3cc4cnc(Nc5ccc(C)nc5)nc4c(=O)n3C)c2)c1. The molecule has 37 heavy (non-hydrogen) atoms. The molecule has 2 N–H and O–H groups in total. The number of nitrogens with one attached hydrogen (secondary N) is 2. The van der Waals surface area contributed by atoms with E-state index in [1.807, 2.05) is 75.4 Å². The molecule has 0 atom stereocenters. The summed E-state index contributed by atoms with van der Waals surface area (Å²) in [5, 5.41) is 6.68. The topological polar surface area (TPSA) is 102 Å². The van der Waals surface area contributed by atoms with E-state index in [9.17, 15) is 9.59 Å². The first-order chi connectivity index (χ1) is 17.8. The van der Waals surface area contributed by atoms with Crippen molar-refractivity contribution in [2.24, 2.45) is 7.05 Å². The maximum atomic E-state index is 13.3. The Balaban J connectivity index is 1.49. The van der Waals surface area contributed by atoms with Gasteiger partial charge in [-0.05, 0) is 68.8 Å². The van der Waals surface area contributed by atoms with Gasteiger partial charge in [0.05, 0.1) is 17.6 Å². The predicted molar refractivity (Wildman–Crippen MR) is 146 cm³/mol. The second kappa shape index (κ2) is 9.66. The molecule has 0 aliphatic rings. The molecule has 0 aliphatic heterocycles. The molecule has 0 aliphatic carbocycles. The molecule has 0 radical (unpaired) electrons. The third kappa shape index (κ3) is 4.95. The highest BCUT2D eigenvalue weighted by atomic mass is 16.1. The van der Waals surface area contributed by atoms with Crippen LogP contribution in [0.4, 0.5) is 17.3 Å². The monoisotopic (exact) mass is 490 g/mol. The molecule has 0 bridgehead atoms. The summed E-state index contributed by atoms with van der Waals surface area (Å²) in [5.74, 6) is 0.128. The summed E-state index contributed by atoms with van der Waals surface area (Å²) in [4.78, 5) is 39.2. The van der Waals surface area contributed by atoms with Gasteiger partial charge in [-0.25, -0.2) is 9.97 Å². The van der Waals surface area contributed by atoms with Gasteiger partial charge in [0.15, 0.2) is 0 Å². The highest BCUT2D eigenvalue weighted by molar-refractivity contribution is 6.04. The Morgan fingerprint density at radius 3 is 2.46 bits per heavy atom. The number of amides is 1. The number of aryl methyl sites for hydroxylation is 3. The minimum atomic E-state index is -0.242. The summed E-state index contributed by atoms with van der Waals surface area (Å²) < 4.78 is 1.57. The second-order valence-electron chi connectivity index (χ2n) is 9.06. The number of anilines is 3. The minimum Gasteiger partial charge on any atom is -0.323 e. The Labute approximate surface area is 214 Å². The third-order valence-corrected chi connectivity index (χ3v) is 6.20. The van der Waals surface area contributed by atoms with Crippen molar-refractivity contribution in [3.63, 3.8) is 0 Å². The van der Waals surface area contributed by atoms with Crippen molar-refractivity contribution in [2.75, 3.05) is 10.6 Å². The van der Waals surface area contributed by atoms with Crippen LogP contribution in [-0.4, -0.2) is 25.4 Å². The van der Waals surface area contributed by atoms with Crippen LogP contribution in [0.5, 0.6) is 0 Å². The van der Waals surface area contributed by atoms with Crippen LogP contribution in [0.3, 0.4) is 0 Å². The van der Waals surface area contributed by atoms with E-state index in [2.05, 4.69) is 25.6 Å². The molecule has 8 nitrogen and oxygen atoms in total. The van der Waals surface area contributed by atoms with Gasteiger partial charge in [-0.15, -0.1) is 0 Å². The fraction of sp³-hybridized carbons (Fsp3) is 0.138. The van der Waals surface area contributed by atoms with Crippen molar-refractivity contribution >= 4 is 34.1 Å². The van der Waals surface area contributed by atoms with Crippen molar-refractivity contribution in [3.05, 3.63) is 106 Å². The summed E-state index contributed by atoms with van der Waals surface area (Å²) in [7, 11) is 1.72. The lowest BCUT2D eigenvalue weighted by Crippen LogP contribution is -2.20. The van der Waals surface area contributed by atoms with E-state index >= 15 is 0 Å². The fourth-order valence-corrected chi connectivity index (χ4v) is 4.14. The molecular formula is C29H26N6O2. The number of fused-ring (bicyclic) bond motifs is 1. The number of benzene rings is 2. The van der Waals surface area contributed by atoms with E-state index in [-0.39, 0.29) is 11.5 Å². The van der Waals surface area contributed by atoms with Gasteiger partial charge in [0.25, 0.3) is 11.5 Å². The maximum Gasteiger partial charge on any atom is 0.277 e. The van der Waals surface area contributed by atoms with Gasteiger partial charge in [-0.1, -0.05) is 23.8 Å². The van der Waals surface area contributed by atoms with Crippen LogP contribution in [-0.2, 0) is 7.05 Å². The number of carbonyl (C=O) groups excluding carboxylic acids is 1. The van der Waals surface area contributed by atoms with Gasteiger partial charge in [-0.3, -0.25) is 14.6 Å². The van der Waals surface area contributed by atoms with Crippen LogP contribution in [0.25, 0.3) is 22.2 Å². The molecule has 0 saturated heterocycles. The number of hydrogen-bond acceptors (Lipinski definition) is 6. The summed E-state index contributed by atoms with van der Waals surface area (Å²) in [5.41, 5.74) is 6.45. The maximum absolute atomic E-state index is 13.3. The van der Waals surface area contributed by atoms with Gasteiger partial charge >= 0.3 is 0 Å². The normalized spacial score (nSPS) is 10.9. The van der Waals surface area contributed by atoms with Crippen LogP contribution in [0.2, 0.25) is 0 Å². The van der Waals surface area contributed by atoms with Crippen molar-refractivity contribution < 1.29 is 4.79 Å². The Bertz CT molecular complexity index is 1710. The molecular weight excluding hydrogens is 464 g/mol. The summed E-state index contributed by atoms with van der Waals surface area (Å²) in [6.45, 7) is 5.83. The summed E-state index contributed by atoms with van der Waals surface area (Å²) >= 11 is 0. The molecule has 5 aromatic rings. The highest BCUT2D eigenvalue weighted by Crippen LogP contribution is 2.28. The minimum absolute atomic E-state index is 0.192. The van der Waals surface area contributed by atoms with Crippen LogP contribution < -0.4 is 16.2 Å². The number of hydrogen-bond donors (Lipinski definition) is 2. The highest BCUT2D eigenvalue weighted by Gasteiger charge is 2.14. The predicted octanol–water partition coefficient (Wildman–Crippen LogP) is 5.31. The van der Waals surface area contributed by atoms with E-state index in [0.29, 0.717) is 33.8 Å². The largest absolute Gasteiger partial charge is 0.323 e. The van der Waals surface area contributed by atoms with Gasteiger partial charge in [0.2, 0.25) is 5.95 Å². The van der Waals surface area contributed by atoms with Crippen molar-refractivity contribution in [1.82, 2.24) is 19.5 Å². The van der Waals surface area contributed by atoms with Gasteiger partial charge in [-0.2, -0.15) is 0 Å². The molecule has 0 saturated carbocycles. The standard InChI is InChI=1S/C29H26N6O2/c1-17-6-5-7-20(12-17)27(36)32-22-10-8-18(2)24(14-22)25-13-21-15-31-29(34-26(21)28(37)35(25)4)33-23-11-9-19(3)30-16-23/h5-16H,1-4H3,(H,32,36)(H,31,33,34). The fourth-order valence-electron chi connectivity index (χ4n) is 4.14. The van der Waals surface area contributed by atoms with Crippen LogP contribution >= 0.6 is 0 Å². The summed E-state index contributed by atoms with van der Waals surface area (Å²) in [6.07, 6.45) is 3.33. The van der Waals surface area contributed by atoms with E-state index in [1.165, 1.54) is 0 Å². The number of pyridine rings is 2. The molecule has 2 aromatic carbocycles. The first kappa shape index (κ1) is 23.9. The van der Waals surface area contributed by atoms with E-state index < -0.39 is 0 Å². The average Bonchev–Trinajstić information content (AvgIpc) is 2.89. The zero-order valence-electron chi connectivity index (χ0n) is 21.0. The van der Waals surface area contributed by atoms with Crippen LogP contribution in [0.15, 0.2) is 77.9 Å². The van der Waals surface area contributed by atoms with E-state index in [1.54, 1.807) is 30.1 Å². The zero-order chi connectivity index (χ0) is 26.1. The second-order valence-corrected chi connectivity index (χ2v) is 9.06. The zero-order valence-corrected chi connectivity index (χ0v) is 21.0. The number of aromatic nitrogens is 4. The molecule has 184 valence electrons. The average molecular weight is 491 g/mol. The van der Waals surface area contributed by atoms with Crippen LogP contribution in [0, 0.1) is 20.8 Å². The molecule has 5 rings (SSSR count). The lowest BCUT2D eigenvalue weighted by atomic mass is 10.0. The van der Waals surface area contributed by atoms with Gasteiger partial charge < -0.3 is 15.2 Å². The number of nitrogens with zero attached hydrogens (tertiary/aromatic N) is 4. The third-order valence-electron chi connectivity index (χ3n) is 6.20. The van der Waals surface area contributed by atoms with E-state index in [0.717, 1.165) is 28.1 Å². The molecule has 3 heterocycles. The Morgan fingerprint density at radius 2 is 1.70 bits per heavy atom. The Morgan fingerprint density at radius 1 is 0.892 bits per heavy atom. The number of rotatable bonds is 5. The molecule has 0 unspecified atom stereocenters. The molecule has 1 amide bonds. The lowest BCUT2D eigenvalue weighted by Gasteiger charge is -2.15. The molecule has 0 fully saturated rings. The molecule has 3 aromatic heterocycles. The van der Waals surface area contributed by atoms with Crippen LogP contribution in [0.1, 0.15) is 27.2 Å². The lowest BCUT2D eigenvalue weighted by molar-refractivity contribution is 0.102. The Hall–Kier alpha value is -4.85. The van der Waals surface area contributed by atoms with Crippen molar-refractivity contribution in [1.29, 1.82) is 0 Å². The summed E-state index contributed by atoms with van der Waals surface area (Å²) in [6, 6.07) is 18.7. The Kier molecular flexibility index (Phi) is 6.23. The quantitative estimate of drug-likeness (QED) is 0.346. The van der Waals surface area contributed by atoms with E-state index in [4.69, 9.17) is 0 Å². The van der Waals surface area contributed by atoms with Crippen molar-refractivity contribution in [3.8, 4) is 11.3 Å². The van der Waals surface area contributed by atoms with Gasteiger partial charge in [0.1, 0.15) is 5.52 Å². The first-order valence-electron chi connectivity index (χ1n) is 11.8. The molecule has 8 heteroatoms. The molecule has 0 spiro atoms. The first-order valence-corrected chi connectivity index (χ1v) is 11.8. The number of carbonyl (C=O) groups is 1.